The number of halogens is 1. The van der Waals surface area contributed by atoms with Crippen LogP contribution in [0, 0.1) is 12.7 Å². The molecule has 7 heteroatoms. The van der Waals surface area contributed by atoms with E-state index in [2.05, 4.69) is 5.32 Å². The Bertz CT molecular complexity index is 997. The number of nitrogens with one attached hydrogen (secondary N) is 1. The Hall–Kier alpha value is -2.41. The quantitative estimate of drug-likeness (QED) is 0.799. The lowest BCUT2D eigenvalue weighted by Gasteiger charge is -2.24. The molecule has 2 aromatic rings. The molecule has 0 unspecified atom stereocenters. The molecule has 4 rings (SSSR count). The minimum absolute atomic E-state index is 0.0239. The predicted octanol–water partition coefficient (Wildman–Crippen LogP) is 2.60. The van der Waals surface area contributed by atoms with Crippen molar-refractivity contribution in [2.24, 2.45) is 0 Å². The zero-order chi connectivity index (χ0) is 20.0. The van der Waals surface area contributed by atoms with Gasteiger partial charge in [-0.3, -0.25) is 9.20 Å². The van der Waals surface area contributed by atoms with Gasteiger partial charge < -0.3 is 15.0 Å². The Balaban J connectivity index is 1.93. The zero-order valence-electron chi connectivity index (χ0n) is 16.5. The maximum absolute atomic E-state index is 15.1. The van der Waals surface area contributed by atoms with Crippen LogP contribution in [-0.2, 0) is 4.74 Å². The van der Waals surface area contributed by atoms with Gasteiger partial charge in [-0.25, -0.2) is 9.18 Å². The minimum atomic E-state index is -0.651. The first-order chi connectivity index (χ1) is 13.5. The van der Waals surface area contributed by atoms with Crippen molar-refractivity contribution in [1.29, 1.82) is 0 Å². The van der Waals surface area contributed by atoms with Crippen molar-refractivity contribution in [3.8, 4) is 0 Å². The van der Waals surface area contributed by atoms with Gasteiger partial charge in [0, 0.05) is 19.1 Å². The molecule has 0 radical (unpaired) electrons. The third-order valence-electron chi connectivity index (χ3n) is 5.87. The molecular formula is C21H26FN3O3. The van der Waals surface area contributed by atoms with Gasteiger partial charge in [-0.1, -0.05) is 0 Å². The Morgan fingerprint density at radius 3 is 2.71 bits per heavy atom. The van der Waals surface area contributed by atoms with Crippen LogP contribution in [0.2, 0.25) is 0 Å². The van der Waals surface area contributed by atoms with Gasteiger partial charge in [-0.2, -0.15) is 0 Å². The van der Waals surface area contributed by atoms with E-state index in [-0.39, 0.29) is 12.2 Å². The highest BCUT2D eigenvalue weighted by molar-refractivity contribution is 5.90. The molecule has 1 saturated carbocycles. The Morgan fingerprint density at radius 1 is 1.36 bits per heavy atom. The summed E-state index contributed by atoms with van der Waals surface area (Å²) in [6.07, 6.45) is 4.20. The van der Waals surface area contributed by atoms with E-state index in [0.717, 1.165) is 49.0 Å². The molecule has 6 nitrogen and oxygen atoms in total. The molecule has 1 saturated heterocycles. The van der Waals surface area contributed by atoms with Gasteiger partial charge in [0.25, 0.3) is 5.56 Å². The summed E-state index contributed by atoms with van der Waals surface area (Å²) >= 11 is 0. The van der Waals surface area contributed by atoms with Gasteiger partial charge in [-0.15, -0.1) is 0 Å². The number of esters is 1. The van der Waals surface area contributed by atoms with Crippen molar-refractivity contribution in [2.45, 2.75) is 45.1 Å². The number of hydrogen-bond acceptors (Lipinski definition) is 5. The molecule has 2 aliphatic rings. The van der Waals surface area contributed by atoms with Crippen molar-refractivity contribution in [1.82, 2.24) is 9.72 Å². The normalized spacial score (nSPS) is 19.4. The average molecular weight is 387 g/mol. The molecule has 0 bridgehead atoms. The monoisotopic (exact) mass is 387 g/mol. The van der Waals surface area contributed by atoms with Crippen LogP contribution < -0.4 is 15.8 Å². The predicted molar refractivity (Wildman–Crippen MR) is 106 cm³/mol. The second-order valence-electron chi connectivity index (χ2n) is 7.70. The molecule has 0 aromatic carbocycles. The first-order valence-electron chi connectivity index (χ1n) is 9.93. The minimum Gasteiger partial charge on any atom is -0.462 e. The van der Waals surface area contributed by atoms with Gasteiger partial charge in [0.15, 0.2) is 5.82 Å². The molecule has 0 spiro atoms. The SMILES string of the molecule is CCOC(=O)c1cc(C2CC2)c2c(C)c(N3CC[C@H](NC)C3)c(F)cn2c1=O. The molecule has 3 heterocycles. The van der Waals surface area contributed by atoms with Crippen LogP contribution >= 0.6 is 0 Å². The van der Waals surface area contributed by atoms with E-state index in [0.29, 0.717) is 17.6 Å². The Kier molecular flexibility index (Phi) is 4.87. The second-order valence-corrected chi connectivity index (χ2v) is 7.70. The van der Waals surface area contributed by atoms with Gasteiger partial charge >= 0.3 is 5.97 Å². The summed E-state index contributed by atoms with van der Waals surface area (Å²) in [6.45, 7) is 5.25. The molecular weight excluding hydrogens is 361 g/mol. The Labute approximate surface area is 163 Å². The maximum Gasteiger partial charge on any atom is 0.343 e. The number of pyridine rings is 2. The van der Waals surface area contributed by atoms with Gasteiger partial charge in [0.1, 0.15) is 5.56 Å². The number of fused-ring (bicyclic) bond motifs is 1. The number of nitrogens with zero attached hydrogens (tertiary/aromatic N) is 2. The standard InChI is InChI=1S/C21H26FN3O3/c1-4-28-21(27)16-9-15(13-5-6-13)18-12(2)19(17(22)11-25(18)20(16)26)24-8-7-14(10-24)23-3/h9,11,13-14,23H,4-8,10H2,1-3H3/t14-/m0/s1. The van der Waals surface area contributed by atoms with E-state index in [1.165, 1.54) is 10.6 Å². The highest BCUT2D eigenvalue weighted by Gasteiger charge is 2.32. The van der Waals surface area contributed by atoms with Crippen LogP contribution in [0.25, 0.3) is 5.52 Å². The largest absolute Gasteiger partial charge is 0.462 e. The van der Waals surface area contributed by atoms with Gasteiger partial charge in [0.2, 0.25) is 0 Å². The molecule has 1 N–H and O–H groups in total. The summed E-state index contributed by atoms with van der Waals surface area (Å²) in [5.74, 6) is -0.793. The van der Waals surface area contributed by atoms with Crippen LogP contribution in [0.1, 0.15) is 53.6 Å². The fourth-order valence-electron chi connectivity index (χ4n) is 4.29. The van der Waals surface area contributed by atoms with E-state index in [9.17, 15) is 9.59 Å². The highest BCUT2D eigenvalue weighted by Crippen LogP contribution is 2.44. The Morgan fingerprint density at radius 2 is 2.11 bits per heavy atom. The number of rotatable bonds is 5. The molecule has 0 amide bonds. The third kappa shape index (κ3) is 3.07. The number of aryl methyl sites for hydroxylation is 1. The van der Waals surface area contributed by atoms with Crippen molar-refractivity contribution in [2.75, 3.05) is 31.6 Å². The van der Waals surface area contributed by atoms with Crippen molar-refractivity contribution >= 4 is 17.2 Å². The number of likely N-dealkylation sites (N-methyl/N-ethyl adjacent to an activating group) is 1. The summed E-state index contributed by atoms with van der Waals surface area (Å²) < 4.78 is 21.5. The van der Waals surface area contributed by atoms with Crippen molar-refractivity contribution in [3.05, 3.63) is 45.1 Å². The number of anilines is 1. The number of carbonyl (C=O) groups is 1. The van der Waals surface area contributed by atoms with E-state index >= 15 is 4.39 Å². The second kappa shape index (κ2) is 7.20. The zero-order valence-corrected chi connectivity index (χ0v) is 16.5. The van der Waals surface area contributed by atoms with Crippen LogP contribution in [0.15, 0.2) is 17.1 Å². The number of ether oxygens (including phenoxy) is 1. The van der Waals surface area contributed by atoms with E-state index in [4.69, 9.17) is 4.74 Å². The van der Waals surface area contributed by atoms with Crippen LogP contribution in [0.5, 0.6) is 0 Å². The lowest BCUT2D eigenvalue weighted by Crippen LogP contribution is -2.31. The molecule has 1 aliphatic heterocycles. The highest BCUT2D eigenvalue weighted by atomic mass is 19.1. The maximum atomic E-state index is 15.1. The molecule has 1 atom stereocenters. The summed E-state index contributed by atoms with van der Waals surface area (Å²) in [6, 6.07) is 1.99. The third-order valence-corrected chi connectivity index (χ3v) is 5.87. The molecule has 2 fully saturated rings. The van der Waals surface area contributed by atoms with E-state index in [1.807, 2.05) is 18.9 Å². The molecule has 150 valence electrons. The number of aromatic nitrogens is 1. The first kappa shape index (κ1) is 18.9. The summed E-state index contributed by atoms with van der Waals surface area (Å²) in [7, 11) is 1.92. The summed E-state index contributed by atoms with van der Waals surface area (Å²) in [4.78, 5) is 27.3. The summed E-state index contributed by atoms with van der Waals surface area (Å²) in [5, 5.41) is 3.25. The fourth-order valence-corrected chi connectivity index (χ4v) is 4.29. The lowest BCUT2D eigenvalue weighted by molar-refractivity contribution is 0.0524. The summed E-state index contributed by atoms with van der Waals surface area (Å²) in [5.41, 5.74) is 2.43. The fraction of sp³-hybridized carbons (Fsp3) is 0.524. The number of carbonyl (C=O) groups excluding carboxylic acids is 1. The van der Waals surface area contributed by atoms with E-state index in [1.54, 1.807) is 13.0 Å². The van der Waals surface area contributed by atoms with Gasteiger partial charge in [0.05, 0.1) is 24.0 Å². The van der Waals surface area contributed by atoms with Crippen molar-refractivity contribution in [3.63, 3.8) is 0 Å². The van der Waals surface area contributed by atoms with Crippen LogP contribution in [0.4, 0.5) is 10.1 Å². The number of hydrogen-bond donors (Lipinski definition) is 1. The van der Waals surface area contributed by atoms with E-state index < -0.39 is 17.3 Å². The average Bonchev–Trinajstić information content (AvgIpc) is 3.40. The van der Waals surface area contributed by atoms with Gasteiger partial charge in [-0.05, 0) is 63.3 Å². The molecule has 1 aliphatic carbocycles. The van der Waals surface area contributed by atoms with Crippen LogP contribution in [0.3, 0.4) is 0 Å². The first-order valence-corrected chi connectivity index (χ1v) is 9.93. The van der Waals surface area contributed by atoms with Crippen molar-refractivity contribution < 1.29 is 13.9 Å². The molecule has 28 heavy (non-hydrogen) atoms. The molecule has 2 aromatic heterocycles. The topological polar surface area (TPSA) is 63.1 Å². The van der Waals surface area contributed by atoms with Crippen LogP contribution in [-0.4, -0.2) is 43.2 Å². The smallest absolute Gasteiger partial charge is 0.343 e. The lowest BCUT2D eigenvalue weighted by atomic mass is 10.0.